The van der Waals surface area contributed by atoms with E-state index in [1.807, 2.05) is 12.1 Å². The van der Waals surface area contributed by atoms with Crippen LogP contribution < -0.4 is 15.4 Å². The molecule has 0 atom stereocenters. The maximum absolute atomic E-state index is 11.7. The van der Waals surface area contributed by atoms with Crippen molar-refractivity contribution in [1.82, 2.24) is 10.6 Å². The topological polar surface area (TPSA) is 50.4 Å². The van der Waals surface area contributed by atoms with Crippen molar-refractivity contribution in [1.29, 1.82) is 0 Å². The molecule has 2 aromatic rings. The second kappa shape index (κ2) is 8.65. The number of hydrogen-bond donors (Lipinski definition) is 2. The van der Waals surface area contributed by atoms with Crippen LogP contribution in [0.15, 0.2) is 42.5 Å². The fourth-order valence-corrected chi connectivity index (χ4v) is 2.50. The largest absolute Gasteiger partial charge is 0.472 e. The number of hydrogen-bond acceptors (Lipinski definition) is 2. The van der Waals surface area contributed by atoms with Crippen LogP contribution in [-0.2, 0) is 6.42 Å². The summed E-state index contributed by atoms with van der Waals surface area (Å²) in [6.07, 6.45) is 0.782. The van der Waals surface area contributed by atoms with Gasteiger partial charge in [-0.05, 0) is 42.7 Å². The molecule has 0 radical (unpaired) electrons. The number of nitrogens with one attached hydrogen (secondary N) is 2. The van der Waals surface area contributed by atoms with Gasteiger partial charge in [0, 0.05) is 11.6 Å². The zero-order valence-corrected chi connectivity index (χ0v) is 14.2. The van der Waals surface area contributed by atoms with Gasteiger partial charge in [0.15, 0.2) is 6.73 Å². The van der Waals surface area contributed by atoms with E-state index in [4.69, 9.17) is 27.9 Å². The molecule has 122 valence electrons. The SMILES string of the molecule is Cc1ccccc1CCNC(=O)NCOc1ccc(Cl)cc1Cl. The molecule has 0 fully saturated rings. The number of aryl methyl sites for hydroxylation is 1. The van der Waals surface area contributed by atoms with Crippen molar-refractivity contribution in [2.45, 2.75) is 13.3 Å². The van der Waals surface area contributed by atoms with Gasteiger partial charge in [0.2, 0.25) is 0 Å². The van der Waals surface area contributed by atoms with E-state index in [9.17, 15) is 4.79 Å². The van der Waals surface area contributed by atoms with Crippen molar-refractivity contribution in [2.75, 3.05) is 13.3 Å². The zero-order valence-electron chi connectivity index (χ0n) is 12.7. The van der Waals surface area contributed by atoms with Crippen molar-refractivity contribution in [3.05, 3.63) is 63.6 Å². The molecule has 0 unspecified atom stereocenters. The predicted molar refractivity (Wildman–Crippen MR) is 93.4 cm³/mol. The summed E-state index contributed by atoms with van der Waals surface area (Å²) in [5.41, 5.74) is 2.44. The number of carbonyl (C=O) groups is 1. The molecule has 2 rings (SSSR count). The Bertz CT molecular complexity index is 677. The van der Waals surface area contributed by atoms with E-state index in [-0.39, 0.29) is 12.8 Å². The van der Waals surface area contributed by atoms with Crippen LogP contribution in [0.5, 0.6) is 5.75 Å². The molecule has 0 saturated carbocycles. The summed E-state index contributed by atoms with van der Waals surface area (Å²) in [5.74, 6) is 0.469. The first-order valence-corrected chi connectivity index (χ1v) is 7.96. The summed E-state index contributed by atoms with van der Waals surface area (Å²) in [6.45, 7) is 2.63. The van der Waals surface area contributed by atoms with Crippen LogP contribution in [0, 0.1) is 6.92 Å². The third kappa shape index (κ3) is 5.66. The van der Waals surface area contributed by atoms with Crippen LogP contribution >= 0.6 is 23.2 Å². The van der Waals surface area contributed by atoms with E-state index in [0.29, 0.717) is 22.3 Å². The van der Waals surface area contributed by atoms with E-state index in [1.54, 1.807) is 18.2 Å². The monoisotopic (exact) mass is 352 g/mol. The standard InChI is InChI=1S/C17H18Cl2N2O2/c1-12-4-2-3-5-13(12)8-9-20-17(22)21-11-23-16-7-6-14(18)10-15(16)19/h2-7,10H,8-9,11H2,1H3,(H2,20,21,22). The van der Waals surface area contributed by atoms with E-state index in [2.05, 4.69) is 29.7 Å². The molecule has 23 heavy (non-hydrogen) atoms. The first-order valence-electron chi connectivity index (χ1n) is 7.20. The van der Waals surface area contributed by atoms with Gasteiger partial charge in [-0.15, -0.1) is 0 Å². The Morgan fingerprint density at radius 1 is 1.13 bits per heavy atom. The van der Waals surface area contributed by atoms with Gasteiger partial charge in [0.25, 0.3) is 0 Å². The molecule has 2 N–H and O–H groups in total. The first kappa shape index (κ1) is 17.4. The minimum atomic E-state index is -0.288. The number of benzene rings is 2. The summed E-state index contributed by atoms with van der Waals surface area (Å²) < 4.78 is 5.38. The van der Waals surface area contributed by atoms with Crippen LogP contribution in [0.3, 0.4) is 0 Å². The van der Waals surface area contributed by atoms with Crippen LogP contribution in [0.4, 0.5) is 4.79 Å². The summed E-state index contributed by atoms with van der Waals surface area (Å²) in [4.78, 5) is 11.7. The Hall–Kier alpha value is -1.91. The molecule has 2 amide bonds. The zero-order chi connectivity index (χ0) is 16.7. The summed E-state index contributed by atoms with van der Waals surface area (Å²) >= 11 is 11.8. The number of urea groups is 1. The summed E-state index contributed by atoms with van der Waals surface area (Å²) in [5, 5.41) is 6.33. The molecule has 0 saturated heterocycles. The second-order valence-electron chi connectivity index (χ2n) is 4.97. The highest BCUT2D eigenvalue weighted by Gasteiger charge is 2.04. The number of rotatable bonds is 6. The highest BCUT2D eigenvalue weighted by molar-refractivity contribution is 6.35. The number of amides is 2. The second-order valence-corrected chi connectivity index (χ2v) is 5.82. The third-order valence-electron chi connectivity index (χ3n) is 3.30. The lowest BCUT2D eigenvalue weighted by molar-refractivity contribution is 0.224. The van der Waals surface area contributed by atoms with Gasteiger partial charge in [-0.25, -0.2) is 4.79 Å². The summed E-state index contributed by atoms with van der Waals surface area (Å²) in [7, 11) is 0. The molecule has 0 aliphatic carbocycles. The van der Waals surface area contributed by atoms with Crippen LogP contribution in [0.25, 0.3) is 0 Å². The molecule has 6 heteroatoms. The van der Waals surface area contributed by atoms with Gasteiger partial charge in [-0.2, -0.15) is 0 Å². The van der Waals surface area contributed by atoms with Crippen molar-refractivity contribution >= 4 is 29.2 Å². The van der Waals surface area contributed by atoms with Crippen LogP contribution in [0.1, 0.15) is 11.1 Å². The lowest BCUT2D eigenvalue weighted by Crippen LogP contribution is -2.38. The Labute approximate surface area is 145 Å². The predicted octanol–water partition coefficient (Wildman–Crippen LogP) is 4.18. The maximum atomic E-state index is 11.7. The van der Waals surface area contributed by atoms with Crippen molar-refractivity contribution in [3.8, 4) is 5.75 Å². The normalized spacial score (nSPS) is 10.2. The van der Waals surface area contributed by atoms with Gasteiger partial charge in [0.05, 0.1) is 5.02 Å². The first-order chi connectivity index (χ1) is 11.1. The number of halogens is 2. The molecule has 0 aliphatic heterocycles. The van der Waals surface area contributed by atoms with Gasteiger partial charge in [-0.1, -0.05) is 47.5 Å². The smallest absolute Gasteiger partial charge is 0.317 e. The van der Waals surface area contributed by atoms with E-state index < -0.39 is 0 Å². The lowest BCUT2D eigenvalue weighted by Gasteiger charge is -2.11. The van der Waals surface area contributed by atoms with Crippen molar-refractivity contribution in [3.63, 3.8) is 0 Å². The van der Waals surface area contributed by atoms with E-state index >= 15 is 0 Å². The van der Waals surface area contributed by atoms with Crippen LogP contribution in [0.2, 0.25) is 10.0 Å². The lowest BCUT2D eigenvalue weighted by atomic mass is 10.1. The molecule has 0 spiro atoms. The van der Waals surface area contributed by atoms with Crippen LogP contribution in [-0.4, -0.2) is 19.3 Å². The molecule has 0 aliphatic rings. The molecular weight excluding hydrogens is 335 g/mol. The fraction of sp³-hybridized carbons (Fsp3) is 0.235. The number of ether oxygens (including phenoxy) is 1. The van der Waals surface area contributed by atoms with Gasteiger partial charge < -0.3 is 15.4 Å². The minimum Gasteiger partial charge on any atom is -0.472 e. The highest BCUT2D eigenvalue weighted by Crippen LogP contribution is 2.27. The highest BCUT2D eigenvalue weighted by atomic mass is 35.5. The molecule has 4 nitrogen and oxygen atoms in total. The third-order valence-corrected chi connectivity index (χ3v) is 3.83. The molecule has 0 aromatic heterocycles. The molecule has 2 aromatic carbocycles. The molecule has 0 bridgehead atoms. The van der Waals surface area contributed by atoms with Gasteiger partial charge >= 0.3 is 6.03 Å². The molecular formula is C17H18Cl2N2O2. The maximum Gasteiger partial charge on any atom is 0.317 e. The fourth-order valence-electron chi connectivity index (χ4n) is 2.04. The van der Waals surface area contributed by atoms with Gasteiger partial charge in [-0.3, -0.25) is 0 Å². The minimum absolute atomic E-state index is 0.0253. The Balaban J connectivity index is 1.68. The Kier molecular flexibility index (Phi) is 6.56. The van der Waals surface area contributed by atoms with Crippen molar-refractivity contribution in [2.24, 2.45) is 0 Å². The Morgan fingerprint density at radius 3 is 2.65 bits per heavy atom. The Morgan fingerprint density at radius 2 is 1.91 bits per heavy atom. The number of carbonyl (C=O) groups excluding carboxylic acids is 1. The van der Waals surface area contributed by atoms with Crippen molar-refractivity contribution < 1.29 is 9.53 Å². The molecule has 0 heterocycles. The quantitative estimate of drug-likeness (QED) is 0.766. The van der Waals surface area contributed by atoms with Gasteiger partial charge in [0.1, 0.15) is 5.75 Å². The van der Waals surface area contributed by atoms with E-state index in [1.165, 1.54) is 11.1 Å². The average molecular weight is 353 g/mol. The average Bonchev–Trinajstić information content (AvgIpc) is 2.51. The summed E-state index contributed by atoms with van der Waals surface area (Å²) in [6, 6.07) is 12.7. The van der Waals surface area contributed by atoms with E-state index in [0.717, 1.165) is 6.42 Å².